The van der Waals surface area contributed by atoms with Crippen LogP contribution in [0.25, 0.3) is 0 Å². The van der Waals surface area contributed by atoms with E-state index in [0.717, 1.165) is 16.7 Å². The number of benzene rings is 4. The van der Waals surface area contributed by atoms with Crippen LogP contribution in [0.4, 0.5) is 8.78 Å². The number of para-hydroxylation sites is 1. The molecule has 2 N–H and O–H groups in total. The normalized spacial score (nSPS) is 11.5. The van der Waals surface area contributed by atoms with Crippen LogP contribution in [-0.2, 0) is 13.0 Å². The van der Waals surface area contributed by atoms with Gasteiger partial charge in [-0.25, -0.2) is 13.6 Å². The average molecular weight is 502 g/mol. The lowest BCUT2D eigenvalue weighted by Crippen LogP contribution is -2.22. The second kappa shape index (κ2) is 11.9. The van der Waals surface area contributed by atoms with Gasteiger partial charge in [0.05, 0.1) is 5.56 Å². The second-order valence-corrected chi connectivity index (χ2v) is 8.51. The van der Waals surface area contributed by atoms with Crippen LogP contribution in [0.3, 0.4) is 0 Å². The van der Waals surface area contributed by atoms with E-state index in [0.29, 0.717) is 18.4 Å². The van der Waals surface area contributed by atoms with Gasteiger partial charge in [0.1, 0.15) is 11.9 Å². The van der Waals surface area contributed by atoms with E-state index in [1.807, 2.05) is 6.07 Å². The Hall–Kier alpha value is -4.52. The third-order valence-electron chi connectivity index (χ3n) is 5.89. The number of rotatable bonds is 10. The van der Waals surface area contributed by atoms with Gasteiger partial charge in [0.2, 0.25) is 0 Å². The molecule has 37 heavy (non-hydrogen) atoms. The first kappa shape index (κ1) is 25.6. The topological polar surface area (TPSA) is 75.6 Å². The predicted octanol–water partition coefficient (Wildman–Crippen LogP) is 6.35. The molecule has 0 saturated heterocycles. The molecule has 0 bridgehead atoms. The van der Waals surface area contributed by atoms with Gasteiger partial charge in [-0.2, -0.15) is 0 Å². The molecule has 4 aromatic rings. The van der Waals surface area contributed by atoms with Gasteiger partial charge >= 0.3 is 5.97 Å². The number of ether oxygens (including phenoxy) is 1. The molecule has 7 heteroatoms. The number of hydrogen-bond acceptors (Lipinski definition) is 3. The summed E-state index contributed by atoms with van der Waals surface area (Å²) in [6.45, 7) is 0.243. The van der Waals surface area contributed by atoms with E-state index in [9.17, 15) is 18.4 Å². The Morgan fingerprint density at radius 3 is 2.19 bits per heavy atom. The van der Waals surface area contributed by atoms with Crippen LogP contribution >= 0.6 is 0 Å². The maximum absolute atomic E-state index is 14.3. The lowest BCUT2D eigenvalue weighted by molar-refractivity contribution is 0.0696. The van der Waals surface area contributed by atoms with Crippen LogP contribution in [0.15, 0.2) is 97.1 Å². The van der Waals surface area contributed by atoms with E-state index in [2.05, 4.69) is 5.32 Å². The van der Waals surface area contributed by atoms with Crippen LogP contribution in [0.2, 0.25) is 0 Å². The summed E-state index contributed by atoms with van der Waals surface area (Å²) in [5.41, 5.74) is 2.93. The van der Waals surface area contributed by atoms with Crippen LogP contribution < -0.4 is 10.1 Å². The number of aryl methyl sites for hydroxylation is 1. The first-order valence-corrected chi connectivity index (χ1v) is 11.7. The van der Waals surface area contributed by atoms with Crippen molar-refractivity contribution < 1.29 is 28.2 Å². The summed E-state index contributed by atoms with van der Waals surface area (Å²) < 4.78 is 33.9. The van der Waals surface area contributed by atoms with Gasteiger partial charge in [-0.1, -0.05) is 48.5 Å². The van der Waals surface area contributed by atoms with Crippen molar-refractivity contribution >= 4 is 11.9 Å². The van der Waals surface area contributed by atoms with E-state index in [4.69, 9.17) is 9.84 Å². The molecule has 1 atom stereocenters. The van der Waals surface area contributed by atoms with E-state index in [1.165, 1.54) is 30.3 Å². The third kappa shape index (κ3) is 7.01. The van der Waals surface area contributed by atoms with Crippen LogP contribution in [0.5, 0.6) is 5.75 Å². The fourth-order valence-electron chi connectivity index (χ4n) is 3.88. The van der Waals surface area contributed by atoms with Gasteiger partial charge in [0.15, 0.2) is 11.6 Å². The molecule has 4 aromatic carbocycles. The Balaban J connectivity index is 1.45. The fraction of sp³-hybridized carbons (Fsp3) is 0.133. The smallest absolute Gasteiger partial charge is 0.335 e. The highest BCUT2D eigenvalue weighted by Gasteiger charge is 2.17. The summed E-state index contributed by atoms with van der Waals surface area (Å²) >= 11 is 0. The molecule has 0 aliphatic rings. The van der Waals surface area contributed by atoms with Gasteiger partial charge in [-0.05, 0) is 78.1 Å². The van der Waals surface area contributed by atoms with Crippen molar-refractivity contribution in [1.29, 1.82) is 0 Å². The minimum absolute atomic E-state index is 0.113. The Morgan fingerprint density at radius 1 is 0.811 bits per heavy atom. The van der Waals surface area contributed by atoms with Crippen LogP contribution in [0, 0.1) is 11.6 Å². The van der Waals surface area contributed by atoms with Crippen molar-refractivity contribution in [2.24, 2.45) is 0 Å². The molecule has 0 aromatic heterocycles. The lowest BCUT2D eigenvalue weighted by Gasteiger charge is -2.20. The molecular formula is C30H25F2NO4. The van der Waals surface area contributed by atoms with E-state index in [1.54, 1.807) is 60.7 Å². The number of aromatic carboxylic acids is 1. The highest BCUT2D eigenvalue weighted by molar-refractivity contribution is 5.94. The van der Waals surface area contributed by atoms with Gasteiger partial charge < -0.3 is 15.2 Å². The predicted molar refractivity (Wildman–Crippen MR) is 136 cm³/mol. The lowest BCUT2D eigenvalue weighted by atomic mass is 9.99. The van der Waals surface area contributed by atoms with Crippen LogP contribution in [-0.4, -0.2) is 17.0 Å². The molecule has 1 unspecified atom stereocenters. The van der Waals surface area contributed by atoms with Crippen LogP contribution in [0.1, 0.15) is 49.9 Å². The summed E-state index contributed by atoms with van der Waals surface area (Å²) in [5, 5.41) is 11.8. The van der Waals surface area contributed by atoms with Crippen molar-refractivity contribution in [3.8, 4) is 5.75 Å². The van der Waals surface area contributed by atoms with Gasteiger partial charge in [-0.15, -0.1) is 0 Å². The molecule has 0 spiro atoms. The van der Waals surface area contributed by atoms with E-state index < -0.39 is 17.9 Å². The van der Waals surface area contributed by atoms with E-state index >= 15 is 0 Å². The molecule has 1 amide bonds. The molecule has 0 fully saturated rings. The number of amides is 1. The minimum Gasteiger partial charge on any atom is -0.483 e. The first-order chi connectivity index (χ1) is 17.9. The molecule has 0 saturated carbocycles. The van der Waals surface area contributed by atoms with Gasteiger partial charge in [-0.3, -0.25) is 4.79 Å². The summed E-state index contributed by atoms with van der Waals surface area (Å²) in [4.78, 5) is 23.6. The molecule has 0 heterocycles. The Bertz CT molecular complexity index is 1370. The number of nitrogens with one attached hydrogen (secondary N) is 1. The largest absolute Gasteiger partial charge is 0.483 e. The molecule has 0 aliphatic carbocycles. The number of carbonyl (C=O) groups is 2. The number of hydrogen-bond donors (Lipinski definition) is 2. The quantitative estimate of drug-likeness (QED) is 0.266. The van der Waals surface area contributed by atoms with Gasteiger partial charge in [0.25, 0.3) is 5.91 Å². The summed E-state index contributed by atoms with van der Waals surface area (Å²) in [6.07, 6.45) is 0.458. The zero-order chi connectivity index (χ0) is 26.2. The average Bonchev–Trinajstić information content (AvgIpc) is 2.91. The zero-order valence-electron chi connectivity index (χ0n) is 19.9. The molecule has 4 rings (SSSR count). The molecular weight excluding hydrogens is 476 g/mol. The summed E-state index contributed by atoms with van der Waals surface area (Å²) in [6, 6.07) is 25.6. The molecule has 188 valence electrons. The summed E-state index contributed by atoms with van der Waals surface area (Å²) in [5.74, 6) is -1.99. The molecule has 0 aliphatic heterocycles. The number of carboxylic acid groups (broad SMARTS) is 1. The number of halogens is 2. The monoisotopic (exact) mass is 501 g/mol. The maximum atomic E-state index is 14.3. The number of carboxylic acids is 1. The Kier molecular flexibility index (Phi) is 8.26. The number of carbonyl (C=O) groups excluding carboxylic acids is 1. The second-order valence-electron chi connectivity index (χ2n) is 8.51. The molecule has 0 radical (unpaired) electrons. The van der Waals surface area contributed by atoms with Crippen molar-refractivity contribution in [2.75, 3.05) is 0 Å². The highest BCUT2D eigenvalue weighted by atomic mass is 19.1. The van der Waals surface area contributed by atoms with Gasteiger partial charge in [0, 0.05) is 12.1 Å². The highest BCUT2D eigenvalue weighted by Crippen LogP contribution is 2.28. The third-order valence-corrected chi connectivity index (χ3v) is 5.89. The molecule has 5 nitrogen and oxygen atoms in total. The van der Waals surface area contributed by atoms with Crippen molar-refractivity contribution in [1.82, 2.24) is 5.32 Å². The maximum Gasteiger partial charge on any atom is 0.335 e. The summed E-state index contributed by atoms with van der Waals surface area (Å²) in [7, 11) is 0. The SMILES string of the molecule is O=C(O)c1ccc(CNC(=O)c2ccc(C(CCc3cccc(F)c3)Oc3ccccc3F)cc2)cc1. The first-order valence-electron chi connectivity index (χ1n) is 11.7. The Labute approximate surface area is 213 Å². The fourth-order valence-corrected chi connectivity index (χ4v) is 3.88. The van der Waals surface area contributed by atoms with Crippen molar-refractivity contribution in [3.63, 3.8) is 0 Å². The van der Waals surface area contributed by atoms with Crippen molar-refractivity contribution in [3.05, 3.63) is 137 Å². The van der Waals surface area contributed by atoms with E-state index in [-0.39, 0.29) is 29.6 Å². The van der Waals surface area contributed by atoms with Crippen molar-refractivity contribution in [2.45, 2.75) is 25.5 Å². The zero-order valence-corrected chi connectivity index (χ0v) is 19.9. The standard InChI is InChI=1S/C30H25F2NO4/c31-25-5-3-4-20(18-25)10-17-27(37-28-7-2-1-6-26(28)32)22-13-15-23(16-14-22)29(34)33-19-21-8-11-24(12-9-21)30(35)36/h1-9,11-16,18,27H,10,17,19H2,(H,33,34)(H,35,36). The Morgan fingerprint density at radius 2 is 1.51 bits per heavy atom. The minimum atomic E-state index is -1.01.